The molecule has 0 radical (unpaired) electrons. The van der Waals surface area contributed by atoms with Crippen molar-refractivity contribution in [3.05, 3.63) is 83.3 Å². The number of nitrogens with one attached hydrogen (secondary N) is 1. The van der Waals surface area contributed by atoms with Crippen LogP contribution < -0.4 is 5.32 Å². The van der Waals surface area contributed by atoms with Gasteiger partial charge in [-0.3, -0.25) is 14.6 Å². The number of rotatable bonds is 5. The highest BCUT2D eigenvalue weighted by atomic mass is 32.2. The summed E-state index contributed by atoms with van der Waals surface area (Å²) in [7, 11) is 0. The third-order valence-corrected chi connectivity index (χ3v) is 5.73. The number of benzene rings is 1. The Bertz CT molecular complexity index is 1020. The number of nitrogens with zero attached hydrogens (tertiary/aromatic N) is 2. The van der Waals surface area contributed by atoms with Crippen LogP contribution in [0.4, 0.5) is 5.69 Å². The highest BCUT2D eigenvalue weighted by Crippen LogP contribution is 2.27. The number of aromatic nitrogens is 2. The number of hydrogen-bond acceptors (Lipinski definition) is 5. The van der Waals surface area contributed by atoms with Crippen LogP contribution in [0.25, 0.3) is 0 Å². The molecular formula is C22H19N3O2S. The fourth-order valence-electron chi connectivity index (χ4n) is 3.23. The maximum Gasteiger partial charge on any atom is 0.258 e. The minimum absolute atomic E-state index is 0.182. The molecule has 1 N–H and O–H groups in total. The van der Waals surface area contributed by atoms with Gasteiger partial charge in [0, 0.05) is 42.0 Å². The van der Waals surface area contributed by atoms with Gasteiger partial charge in [0.05, 0.1) is 5.56 Å². The van der Waals surface area contributed by atoms with Crippen molar-refractivity contribution in [3.63, 3.8) is 0 Å². The number of hydrogen-bond donors (Lipinski definition) is 1. The fraction of sp³-hybridized carbons (Fsp3) is 0.182. The van der Waals surface area contributed by atoms with Crippen molar-refractivity contribution in [2.75, 3.05) is 5.32 Å². The van der Waals surface area contributed by atoms with Gasteiger partial charge in [-0.05, 0) is 66.4 Å². The Hall–Kier alpha value is -2.99. The van der Waals surface area contributed by atoms with Crippen molar-refractivity contribution in [2.24, 2.45) is 0 Å². The van der Waals surface area contributed by atoms with E-state index in [-0.39, 0.29) is 11.7 Å². The molecule has 0 atom stereocenters. The lowest BCUT2D eigenvalue weighted by Gasteiger charge is -2.16. The summed E-state index contributed by atoms with van der Waals surface area (Å²) in [4.78, 5) is 33.2. The van der Waals surface area contributed by atoms with Crippen molar-refractivity contribution >= 4 is 29.1 Å². The predicted molar refractivity (Wildman–Crippen MR) is 110 cm³/mol. The standard InChI is InChI=1S/C22H19N3O2S/c26-20-5-1-3-16-13-17(6-7-18(16)20)25-21(27)19-4-2-10-24-22(19)28-14-15-8-11-23-12-9-15/h2,4,6-13H,1,3,5,14H2,(H,25,27). The maximum absolute atomic E-state index is 12.8. The zero-order valence-corrected chi connectivity index (χ0v) is 16.0. The first-order valence-corrected chi connectivity index (χ1v) is 10.1. The second-order valence-electron chi connectivity index (χ2n) is 6.60. The normalized spacial score (nSPS) is 13.1. The molecule has 0 saturated heterocycles. The van der Waals surface area contributed by atoms with Crippen LogP contribution in [0.5, 0.6) is 0 Å². The minimum Gasteiger partial charge on any atom is -0.322 e. The Kier molecular flexibility index (Phi) is 5.48. The number of ketones is 1. The Morgan fingerprint density at radius 3 is 2.79 bits per heavy atom. The van der Waals surface area contributed by atoms with Gasteiger partial charge in [0.25, 0.3) is 5.91 Å². The molecule has 1 aromatic carbocycles. The first-order chi connectivity index (χ1) is 13.7. The number of carbonyl (C=O) groups excluding carboxylic acids is 2. The summed E-state index contributed by atoms with van der Waals surface area (Å²) in [6.45, 7) is 0. The van der Waals surface area contributed by atoms with Crippen molar-refractivity contribution < 1.29 is 9.59 Å². The van der Waals surface area contributed by atoms with Gasteiger partial charge in [-0.25, -0.2) is 4.98 Å². The molecular weight excluding hydrogens is 370 g/mol. The third kappa shape index (κ3) is 4.12. The third-order valence-electron chi connectivity index (χ3n) is 4.65. The van der Waals surface area contributed by atoms with Gasteiger partial charge in [-0.1, -0.05) is 0 Å². The smallest absolute Gasteiger partial charge is 0.258 e. The molecule has 6 heteroatoms. The van der Waals surface area contributed by atoms with Gasteiger partial charge in [0.1, 0.15) is 5.03 Å². The topological polar surface area (TPSA) is 72.0 Å². The van der Waals surface area contributed by atoms with Gasteiger partial charge in [0.2, 0.25) is 0 Å². The van der Waals surface area contributed by atoms with E-state index in [0.717, 1.165) is 29.5 Å². The summed E-state index contributed by atoms with van der Waals surface area (Å²) < 4.78 is 0. The molecule has 0 bridgehead atoms. The first-order valence-electron chi connectivity index (χ1n) is 9.15. The van der Waals surface area contributed by atoms with E-state index in [1.165, 1.54) is 11.8 Å². The van der Waals surface area contributed by atoms with Crippen LogP contribution in [0.1, 0.15) is 44.7 Å². The molecule has 0 fully saturated rings. The second kappa shape index (κ2) is 8.35. The average molecular weight is 389 g/mol. The Balaban J connectivity index is 1.50. The van der Waals surface area contributed by atoms with E-state index in [9.17, 15) is 9.59 Å². The van der Waals surface area contributed by atoms with Crippen LogP contribution in [-0.4, -0.2) is 21.7 Å². The number of aryl methyl sites for hydroxylation is 1. The lowest BCUT2D eigenvalue weighted by atomic mass is 9.90. The van der Waals surface area contributed by atoms with Crippen LogP contribution in [0.15, 0.2) is 66.1 Å². The van der Waals surface area contributed by atoms with E-state index in [1.54, 1.807) is 36.8 Å². The molecule has 0 saturated carbocycles. The quantitative estimate of drug-likeness (QED) is 0.649. The van der Waals surface area contributed by atoms with E-state index < -0.39 is 0 Å². The zero-order chi connectivity index (χ0) is 19.3. The van der Waals surface area contributed by atoms with Gasteiger partial charge < -0.3 is 5.32 Å². The summed E-state index contributed by atoms with van der Waals surface area (Å²) in [5.41, 5.74) is 4.14. The van der Waals surface area contributed by atoms with Crippen molar-refractivity contribution in [1.29, 1.82) is 0 Å². The van der Waals surface area contributed by atoms with Gasteiger partial charge in [-0.2, -0.15) is 0 Å². The van der Waals surface area contributed by atoms with Crippen LogP contribution in [0.3, 0.4) is 0 Å². The molecule has 4 rings (SSSR count). The van der Waals surface area contributed by atoms with E-state index in [4.69, 9.17) is 0 Å². The SMILES string of the molecule is O=C1CCCc2cc(NC(=O)c3cccnc3SCc3ccncc3)ccc21. The molecule has 3 aromatic rings. The van der Waals surface area contributed by atoms with Crippen LogP contribution in [0, 0.1) is 0 Å². The lowest BCUT2D eigenvalue weighted by molar-refractivity contribution is 0.0971. The minimum atomic E-state index is -0.201. The van der Waals surface area contributed by atoms with Gasteiger partial charge >= 0.3 is 0 Å². The largest absolute Gasteiger partial charge is 0.322 e. The number of anilines is 1. The molecule has 0 aliphatic heterocycles. The average Bonchev–Trinajstić information content (AvgIpc) is 2.73. The molecule has 0 unspecified atom stereocenters. The summed E-state index contributed by atoms with van der Waals surface area (Å²) in [5.74, 6) is 0.689. The Morgan fingerprint density at radius 2 is 1.93 bits per heavy atom. The molecule has 1 aliphatic rings. The number of amides is 1. The van der Waals surface area contributed by atoms with Crippen molar-refractivity contribution in [2.45, 2.75) is 30.0 Å². The van der Waals surface area contributed by atoms with E-state index >= 15 is 0 Å². The molecule has 0 spiro atoms. The molecule has 2 heterocycles. The van der Waals surface area contributed by atoms with Gasteiger partial charge in [-0.15, -0.1) is 11.8 Å². The van der Waals surface area contributed by atoms with Crippen LogP contribution >= 0.6 is 11.8 Å². The Labute approximate surface area is 167 Å². The second-order valence-corrected chi connectivity index (χ2v) is 7.57. The number of fused-ring (bicyclic) bond motifs is 1. The molecule has 140 valence electrons. The number of thioether (sulfide) groups is 1. The van der Waals surface area contributed by atoms with Crippen molar-refractivity contribution in [3.8, 4) is 0 Å². The number of Topliss-reactive ketones (excluding diaryl/α,β-unsaturated/α-hetero) is 1. The summed E-state index contributed by atoms with van der Waals surface area (Å²) >= 11 is 1.52. The highest BCUT2D eigenvalue weighted by molar-refractivity contribution is 7.98. The number of pyridine rings is 2. The lowest BCUT2D eigenvalue weighted by Crippen LogP contribution is -2.15. The molecule has 28 heavy (non-hydrogen) atoms. The summed E-state index contributed by atoms with van der Waals surface area (Å²) in [5, 5.41) is 3.63. The molecule has 1 amide bonds. The maximum atomic E-state index is 12.8. The van der Waals surface area contributed by atoms with Crippen molar-refractivity contribution in [1.82, 2.24) is 9.97 Å². The monoisotopic (exact) mass is 389 g/mol. The highest BCUT2D eigenvalue weighted by Gasteiger charge is 2.18. The van der Waals surface area contributed by atoms with E-state index in [0.29, 0.717) is 28.5 Å². The molecule has 1 aliphatic carbocycles. The van der Waals surface area contributed by atoms with Crippen LogP contribution in [0.2, 0.25) is 0 Å². The first kappa shape index (κ1) is 18.4. The summed E-state index contributed by atoms with van der Waals surface area (Å²) in [6.07, 6.45) is 7.53. The van der Waals surface area contributed by atoms with Gasteiger partial charge in [0.15, 0.2) is 5.78 Å². The molecule has 5 nitrogen and oxygen atoms in total. The van der Waals surface area contributed by atoms with E-state index in [1.807, 2.05) is 24.3 Å². The zero-order valence-electron chi connectivity index (χ0n) is 15.2. The molecule has 2 aromatic heterocycles. The fourth-order valence-corrected chi connectivity index (χ4v) is 4.18. The number of carbonyl (C=O) groups is 2. The van der Waals surface area contributed by atoms with E-state index in [2.05, 4.69) is 15.3 Å². The summed E-state index contributed by atoms with van der Waals surface area (Å²) in [6, 6.07) is 12.9. The van der Waals surface area contributed by atoms with Crippen LogP contribution in [-0.2, 0) is 12.2 Å². The predicted octanol–water partition coefficient (Wildman–Crippen LogP) is 4.54. The Morgan fingerprint density at radius 1 is 1.07 bits per heavy atom.